The van der Waals surface area contributed by atoms with Gasteiger partial charge < -0.3 is 9.64 Å². The van der Waals surface area contributed by atoms with Gasteiger partial charge in [-0.2, -0.15) is 0 Å². The molecule has 3 aromatic rings. The molecule has 6 nitrogen and oxygen atoms in total. The van der Waals surface area contributed by atoms with Crippen LogP contribution in [-0.2, 0) is 24.3 Å². The molecular weight excluding hydrogens is 384 g/mol. The Morgan fingerprint density at radius 1 is 1.21 bits per heavy atom. The Morgan fingerprint density at radius 3 is 2.62 bits per heavy atom. The minimum Gasteiger partial charge on any atom is -0.380 e. The number of likely N-dealkylation sites (N-methyl/N-ethyl adjacent to an activating group) is 1. The van der Waals surface area contributed by atoms with Gasteiger partial charge >= 0.3 is 0 Å². The smallest absolute Gasteiger partial charge is 0.271 e. The summed E-state index contributed by atoms with van der Waals surface area (Å²) in [7, 11) is 1.69. The third kappa shape index (κ3) is 4.52. The minimum atomic E-state index is 0.0669. The van der Waals surface area contributed by atoms with Crippen LogP contribution in [0.4, 0.5) is 0 Å². The van der Waals surface area contributed by atoms with E-state index in [0.717, 1.165) is 71.7 Å². The molecule has 0 saturated carbocycles. The summed E-state index contributed by atoms with van der Waals surface area (Å²) in [6.45, 7) is 12.4. The van der Waals surface area contributed by atoms with E-state index in [9.17, 15) is 4.79 Å². The maximum Gasteiger partial charge on any atom is 0.271 e. The highest BCUT2D eigenvalue weighted by Crippen LogP contribution is 2.33. The molecule has 0 atom stereocenters. The molecule has 0 spiro atoms. The quantitative estimate of drug-likeness (QED) is 0.497. The molecule has 3 heterocycles. The fourth-order valence-electron chi connectivity index (χ4n) is 3.78. The summed E-state index contributed by atoms with van der Waals surface area (Å²) in [5, 5.41) is 0.975. The zero-order valence-corrected chi connectivity index (χ0v) is 19.1. The van der Waals surface area contributed by atoms with Crippen LogP contribution < -0.4 is 5.56 Å². The van der Waals surface area contributed by atoms with Crippen molar-refractivity contribution in [3.63, 3.8) is 0 Å². The zero-order chi connectivity index (χ0) is 21.0. The first-order valence-corrected chi connectivity index (χ1v) is 11.4. The fourth-order valence-corrected chi connectivity index (χ4v) is 4.94. The van der Waals surface area contributed by atoms with Gasteiger partial charge in [0.15, 0.2) is 0 Å². The van der Waals surface area contributed by atoms with E-state index < -0.39 is 0 Å². The molecule has 0 saturated heterocycles. The van der Waals surface area contributed by atoms with Crippen molar-refractivity contribution in [1.82, 2.24) is 19.4 Å². The highest BCUT2D eigenvalue weighted by atomic mass is 32.1. The number of aryl methyl sites for hydroxylation is 2. The summed E-state index contributed by atoms with van der Waals surface area (Å²) in [5.74, 6) is 0.889. The van der Waals surface area contributed by atoms with Crippen LogP contribution in [-0.4, -0.2) is 46.2 Å². The number of fused-ring (bicyclic) bond motifs is 3. The van der Waals surface area contributed by atoms with E-state index in [1.54, 1.807) is 7.11 Å². The Balaban J connectivity index is 2.20. The van der Waals surface area contributed by atoms with E-state index >= 15 is 0 Å². The third-order valence-electron chi connectivity index (χ3n) is 5.43. The number of unbranched alkanes of at least 4 members (excludes halogenated alkanes) is 1. The van der Waals surface area contributed by atoms with Gasteiger partial charge in [0.2, 0.25) is 0 Å². The van der Waals surface area contributed by atoms with Gasteiger partial charge in [-0.05, 0) is 38.1 Å². The summed E-state index contributed by atoms with van der Waals surface area (Å²) in [4.78, 5) is 26.4. The van der Waals surface area contributed by atoms with Gasteiger partial charge in [0.05, 0.1) is 12.1 Å². The molecule has 0 bridgehead atoms. The number of hydrogen-bond acceptors (Lipinski definition) is 6. The lowest BCUT2D eigenvalue weighted by molar-refractivity contribution is 0.186. The van der Waals surface area contributed by atoms with Crippen molar-refractivity contribution in [3.8, 4) is 0 Å². The second kappa shape index (κ2) is 9.78. The molecule has 7 heteroatoms. The summed E-state index contributed by atoms with van der Waals surface area (Å²) in [6, 6.07) is 2.04. The van der Waals surface area contributed by atoms with Crippen LogP contribution in [0.3, 0.4) is 0 Å². The second-order valence-corrected chi connectivity index (χ2v) is 8.43. The first kappa shape index (κ1) is 21.9. The van der Waals surface area contributed by atoms with Crippen LogP contribution in [0.15, 0.2) is 10.9 Å². The number of pyridine rings is 1. The fraction of sp³-hybridized carbons (Fsp3) is 0.591. The van der Waals surface area contributed by atoms with Crippen LogP contribution in [0.1, 0.15) is 50.7 Å². The van der Waals surface area contributed by atoms with Crippen LogP contribution in [0.25, 0.3) is 20.4 Å². The minimum absolute atomic E-state index is 0.0669. The lowest BCUT2D eigenvalue weighted by Gasteiger charge is -2.20. The first-order chi connectivity index (χ1) is 14.0. The number of methoxy groups -OCH3 is 1. The predicted molar refractivity (Wildman–Crippen MR) is 121 cm³/mol. The van der Waals surface area contributed by atoms with Crippen molar-refractivity contribution < 1.29 is 4.74 Å². The van der Waals surface area contributed by atoms with E-state index in [1.807, 2.05) is 17.6 Å². The molecule has 0 radical (unpaired) electrons. The Kier molecular flexibility index (Phi) is 7.38. The lowest BCUT2D eigenvalue weighted by Crippen LogP contribution is -2.32. The molecule has 29 heavy (non-hydrogen) atoms. The molecule has 3 aromatic heterocycles. The van der Waals surface area contributed by atoms with Crippen LogP contribution in [0.2, 0.25) is 0 Å². The normalized spacial score (nSPS) is 11.9. The van der Waals surface area contributed by atoms with Crippen molar-refractivity contribution in [2.24, 2.45) is 0 Å². The summed E-state index contributed by atoms with van der Waals surface area (Å²) < 4.78 is 8.01. The van der Waals surface area contributed by atoms with Gasteiger partial charge in [-0.1, -0.05) is 27.2 Å². The van der Waals surface area contributed by atoms with Crippen molar-refractivity contribution >= 4 is 31.8 Å². The molecule has 0 aromatic carbocycles. The average molecular weight is 417 g/mol. The van der Waals surface area contributed by atoms with Crippen LogP contribution in [0.5, 0.6) is 0 Å². The van der Waals surface area contributed by atoms with Gasteiger partial charge in [-0.15, -0.1) is 11.3 Å². The summed E-state index contributed by atoms with van der Waals surface area (Å²) >= 11 is 1.46. The van der Waals surface area contributed by atoms with Crippen LogP contribution in [0, 0.1) is 6.92 Å². The predicted octanol–water partition coefficient (Wildman–Crippen LogP) is 4.15. The molecule has 0 N–H and O–H groups in total. The monoisotopic (exact) mass is 416 g/mol. The van der Waals surface area contributed by atoms with E-state index in [4.69, 9.17) is 9.72 Å². The van der Waals surface area contributed by atoms with E-state index in [0.29, 0.717) is 17.9 Å². The maximum absolute atomic E-state index is 13.5. The Hall–Kier alpha value is -1.83. The molecule has 0 aliphatic carbocycles. The molecule has 0 aliphatic rings. The van der Waals surface area contributed by atoms with Crippen LogP contribution >= 0.6 is 11.3 Å². The van der Waals surface area contributed by atoms with Gasteiger partial charge in [-0.25, -0.2) is 9.97 Å². The molecule has 0 unspecified atom stereocenters. The van der Waals surface area contributed by atoms with Gasteiger partial charge in [0.1, 0.15) is 15.4 Å². The molecule has 0 amide bonds. The van der Waals surface area contributed by atoms with Crippen molar-refractivity contribution in [2.45, 2.75) is 60.1 Å². The molecule has 158 valence electrons. The SMILES string of the molecule is CCCCc1nc2c(sc3nc(C)cc(COC)c32)c(=O)n1CCN(CC)CC. The van der Waals surface area contributed by atoms with E-state index in [-0.39, 0.29) is 5.56 Å². The average Bonchev–Trinajstić information content (AvgIpc) is 3.07. The van der Waals surface area contributed by atoms with E-state index in [1.165, 1.54) is 11.3 Å². The highest BCUT2D eigenvalue weighted by molar-refractivity contribution is 7.25. The topological polar surface area (TPSA) is 60.3 Å². The molecule has 3 rings (SSSR count). The van der Waals surface area contributed by atoms with Crippen molar-refractivity contribution in [2.75, 3.05) is 26.7 Å². The van der Waals surface area contributed by atoms with Crippen molar-refractivity contribution in [1.29, 1.82) is 0 Å². The van der Waals surface area contributed by atoms with Crippen molar-refractivity contribution in [3.05, 3.63) is 33.5 Å². The first-order valence-electron chi connectivity index (χ1n) is 10.6. The molecule has 0 fully saturated rings. The van der Waals surface area contributed by atoms with Gasteiger partial charge in [0, 0.05) is 37.7 Å². The Labute approximate surface area is 176 Å². The number of ether oxygens (including phenoxy) is 1. The Bertz CT molecular complexity index is 1040. The maximum atomic E-state index is 13.5. The van der Waals surface area contributed by atoms with Gasteiger partial charge in [0.25, 0.3) is 5.56 Å². The number of thiophene rings is 1. The second-order valence-electron chi connectivity index (χ2n) is 7.43. The molecule has 0 aliphatic heterocycles. The number of rotatable bonds is 10. The largest absolute Gasteiger partial charge is 0.380 e. The highest BCUT2D eigenvalue weighted by Gasteiger charge is 2.19. The summed E-state index contributed by atoms with van der Waals surface area (Å²) in [6.07, 6.45) is 2.91. The summed E-state index contributed by atoms with van der Waals surface area (Å²) in [5.41, 5.74) is 2.84. The van der Waals surface area contributed by atoms with E-state index in [2.05, 4.69) is 30.7 Å². The standard InChI is InChI=1S/C22H32N4O2S/c1-6-9-10-17-24-19-18-16(14-28-5)13-15(4)23-21(18)29-20(19)22(27)26(17)12-11-25(7-2)8-3/h13H,6-12,14H2,1-5H3. The zero-order valence-electron chi connectivity index (χ0n) is 18.2. The number of aromatic nitrogens is 3. The van der Waals surface area contributed by atoms with Gasteiger partial charge in [-0.3, -0.25) is 9.36 Å². The number of nitrogens with zero attached hydrogens (tertiary/aromatic N) is 4. The Morgan fingerprint density at radius 2 is 1.97 bits per heavy atom. The lowest BCUT2D eigenvalue weighted by atomic mass is 10.1. The third-order valence-corrected chi connectivity index (χ3v) is 6.49. The number of hydrogen-bond donors (Lipinski definition) is 0. The molecular formula is C22H32N4O2S.